The fraction of sp³-hybridized carbons (Fsp3) is 0.400. The van der Waals surface area contributed by atoms with Crippen LogP contribution in [0.25, 0.3) is 0 Å². The van der Waals surface area contributed by atoms with E-state index in [0.717, 1.165) is 11.0 Å². The van der Waals surface area contributed by atoms with Gasteiger partial charge < -0.3 is 23.5 Å². The summed E-state index contributed by atoms with van der Waals surface area (Å²) < 4.78 is 29.8. The minimum absolute atomic E-state index is 0.185. The Bertz CT molecular complexity index is 787. The van der Waals surface area contributed by atoms with Gasteiger partial charge in [-0.05, 0) is 45.4 Å². The minimum atomic E-state index is -0.581. The van der Waals surface area contributed by atoms with Crippen LogP contribution in [0.15, 0.2) is 42.5 Å². The van der Waals surface area contributed by atoms with Crippen LogP contribution in [0.3, 0.4) is 0 Å². The van der Waals surface area contributed by atoms with Gasteiger partial charge in [0.2, 0.25) is 6.79 Å². The van der Waals surface area contributed by atoms with E-state index in [9.17, 15) is 0 Å². The van der Waals surface area contributed by atoms with Crippen LogP contribution in [-0.4, -0.2) is 25.1 Å². The summed E-state index contributed by atoms with van der Waals surface area (Å²) in [6.07, 6.45) is 0. The lowest BCUT2D eigenvalue weighted by molar-refractivity contribution is 0.00578. The van der Waals surface area contributed by atoms with E-state index < -0.39 is 18.3 Å². The molecule has 6 heteroatoms. The Morgan fingerprint density at radius 2 is 1.62 bits per heavy atom. The zero-order valence-electron chi connectivity index (χ0n) is 15.6. The largest absolute Gasteiger partial charge is 0.502 e. The predicted molar refractivity (Wildman–Crippen MR) is 99.1 cm³/mol. The Kier molecular flexibility index (Phi) is 4.12. The van der Waals surface area contributed by atoms with Crippen LogP contribution in [0.1, 0.15) is 33.3 Å². The zero-order valence-corrected chi connectivity index (χ0v) is 15.6. The molecule has 4 rings (SSSR count). The zero-order chi connectivity index (χ0) is 18.4. The number of fused-ring (bicyclic) bond motifs is 1. The molecule has 0 spiro atoms. The van der Waals surface area contributed by atoms with Crippen molar-refractivity contribution in [1.82, 2.24) is 0 Å². The van der Waals surface area contributed by atoms with Crippen molar-refractivity contribution < 1.29 is 23.5 Å². The highest BCUT2D eigenvalue weighted by molar-refractivity contribution is 6.64. The molecule has 136 valence electrons. The van der Waals surface area contributed by atoms with Gasteiger partial charge in [-0.15, -0.1) is 0 Å². The highest BCUT2D eigenvalue weighted by Gasteiger charge is 2.54. The molecule has 26 heavy (non-hydrogen) atoms. The monoisotopic (exact) mass is 354 g/mol. The first kappa shape index (κ1) is 17.2. The van der Waals surface area contributed by atoms with E-state index in [2.05, 4.69) is 0 Å². The minimum Gasteiger partial charge on any atom is -0.489 e. The molecule has 2 aromatic carbocycles. The van der Waals surface area contributed by atoms with Crippen molar-refractivity contribution in [3.63, 3.8) is 0 Å². The predicted octanol–water partition coefficient (Wildman–Crippen LogP) is 3.29. The third kappa shape index (κ3) is 2.93. The maximum absolute atomic E-state index is 6.23. The number of rotatable bonds is 4. The number of hydrogen-bond acceptors (Lipinski definition) is 5. The van der Waals surface area contributed by atoms with Crippen LogP contribution in [-0.2, 0) is 15.9 Å². The lowest BCUT2D eigenvalue weighted by Gasteiger charge is -2.32. The van der Waals surface area contributed by atoms with Crippen molar-refractivity contribution in [2.45, 2.75) is 45.5 Å². The molecule has 5 nitrogen and oxygen atoms in total. The van der Waals surface area contributed by atoms with E-state index in [0.29, 0.717) is 23.9 Å². The molecule has 0 atom stereocenters. The first-order valence-electron chi connectivity index (χ1n) is 8.82. The average Bonchev–Trinajstić information content (AvgIpc) is 3.15. The Balaban J connectivity index is 1.67. The molecule has 0 aromatic heterocycles. The van der Waals surface area contributed by atoms with Gasteiger partial charge in [0.15, 0.2) is 11.5 Å². The van der Waals surface area contributed by atoms with Crippen LogP contribution >= 0.6 is 0 Å². The molecule has 2 aromatic rings. The molecule has 1 saturated heterocycles. The number of hydrogen-bond donors (Lipinski definition) is 0. The van der Waals surface area contributed by atoms with Gasteiger partial charge in [-0.25, -0.2) is 0 Å². The smallest absolute Gasteiger partial charge is 0.489 e. The summed E-state index contributed by atoms with van der Waals surface area (Å²) in [5, 5.41) is 0. The van der Waals surface area contributed by atoms with E-state index in [1.165, 1.54) is 0 Å². The quantitative estimate of drug-likeness (QED) is 0.789. The van der Waals surface area contributed by atoms with Crippen LogP contribution in [0.5, 0.6) is 17.2 Å². The van der Waals surface area contributed by atoms with E-state index in [-0.39, 0.29) is 6.79 Å². The molecule has 0 radical (unpaired) electrons. The molecule has 0 saturated carbocycles. The third-order valence-electron chi connectivity index (χ3n) is 5.26. The van der Waals surface area contributed by atoms with Crippen LogP contribution in [0, 0.1) is 0 Å². The summed E-state index contributed by atoms with van der Waals surface area (Å²) in [5.74, 6) is 1.99. The maximum Gasteiger partial charge on any atom is 0.502 e. The number of ether oxygens (including phenoxy) is 3. The molecule has 0 aliphatic carbocycles. The fourth-order valence-electron chi connectivity index (χ4n) is 3.02. The lowest BCUT2D eigenvalue weighted by atomic mass is 9.77. The van der Waals surface area contributed by atoms with Crippen molar-refractivity contribution >= 4 is 12.6 Å². The Morgan fingerprint density at radius 3 is 2.31 bits per heavy atom. The average molecular weight is 354 g/mol. The van der Waals surface area contributed by atoms with Crippen molar-refractivity contribution in [2.24, 2.45) is 0 Å². The highest BCUT2D eigenvalue weighted by atomic mass is 16.7. The summed E-state index contributed by atoms with van der Waals surface area (Å²) in [6.45, 7) is 8.74. The van der Waals surface area contributed by atoms with E-state index >= 15 is 0 Å². The second kappa shape index (κ2) is 6.22. The highest BCUT2D eigenvalue weighted by Crippen LogP contribution is 2.41. The summed E-state index contributed by atoms with van der Waals surface area (Å²) >= 11 is 0. The van der Waals surface area contributed by atoms with Gasteiger partial charge in [-0.1, -0.05) is 30.3 Å². The van der Waals surface area contributed by atoms with Gasteiger partial charge in [-0.3, -0.25) is 0 Å². The lowest BCUT2D eigenvalue weighted by Crippen LogP contribution is -2.41. The summed E-state index contributed by atoms with van der Waals surface area (Å²) in [7, 11) is -0.581. The maximum atomic E-state index is 6.23. The van der Waals surface area contributed by atoms with Crippen molar-refractivity contribution in [3.8, 4) is 17.2 Å². The SMILES string of the molecule is CC1(C)OB(c2c(OCc3ccccc3)ccc3c2OCO3)OC1(C)C. The fourth-order valence-corrected chi connectivity index (χ4v) is 3.02. The molecular weight excluding hydrogens is 331 g/mol. The summed E-state index contributed by atoms with van der Waals surface area (Å²) in [5.41, 5.74) is 0.937. The molecule has 0 amide bonds. The molecular formula is C20H23BO5. The third-order valence-corrected chi connectivity index (χ3v) is 5.26. The normalized spacial score (nSPS) is 19.6. The van der Waals surface area contributed by atoms with Gasteiger partial charge in [0, 0.05) is 0 Å². The summed E-state index contributed by atoms with van der Waals surface area (Å²) in [4.78, 5) is 0. The first-order chi connectivity index (χ1) is 12.4. The van der Waals surface area contributed by atoms with Crippen LogP contribution < -0.4 is 19.7 Å². The van der Waals surface area contributed by atoms with Gasteiger partial charge in [0.25, 0.3) is 0 Å². The second-order valence-corrected chi connectivity index (χ2v) is 7.57. The molecule has 2 heterocycles. The molecule has 2 aliphatic heterocycles. The molecule has 0 unspecified atom stereocenters. The molecule has 0 N–H and O–H groups in total. The molecule has 1 fully saturated rings. The Morgan fingerprint density at radius 1 is 0.923 bits per heavy atom. The topological polar surface area (TPSA) is 46.2 Å². The summed E-state index contributed by atoms with van der Waals surface area (Å²) in [6, 6.07) is 13.8. The molecule has 0 bridgehead atoms. The van der Waals surface area contributed by atoms with Gasteiger partial charge in [-0.2, -0.15) is 0 Å². The Labute approximate surface area is 154 Å². The Hall–Kier alpha value is -2.18. The van der Waals surface area contributed by atoms with Crippen LogP contribution in [0.4, 0.5) is 0 Å². The van der Waals surface area contributed by atoms with E-state index in [4.69, 9.17) is 23.5 Å². The van der Waals surface area contributed by atoms with Crippen LogP contribution in [0.2, 0.25) is 0 Å². The van der Waals surface area contributed by atoms with Crippen molar-refractivity contribution in [2.75, 3.05) is 6.79 Å². The second-order valence-electron chi connectivity index (χ2n) is 7.57. The van der Waals surface area contributed by atoms with E-state index in [1.54, 1.807) is 0 Å². The van der Waals surface area contributed by atoms with Gasteiger partial charge in [0.05, 0.1) is 16.7 Å². The standard InChI is InChI=1S/C20H23BO5/c1-19(2)20(3,4)26-21(25-19)17-15(10-11-16-18(17)24-13-23-16)22-12-14-8-6-5-7-9-14/h5-11H,12-13H2,1-4H3. The van der Waals surface area contributed by atoms with Crippen molar-refractivity contribution in [3.05, 3.63) is 48.0 Å². The van der Waals surface area contributed by atoms with Gasteiger partial charge >= 0.3 is 7.12 Å². The molecule has 2 aliphatic rings. The van der Waals surface area contributed by atoms with E-state index in [1.807, 2.05) is 70.2 Å². The van der Waals surface area contributed by atoms with Gasteiger partial charge in [0.1, 0.15) is 12.4 Å². The first-order valence-corrected chi connectivity index (χ1v) is 8.82. The number of benzene rings is 2. The van der Waals surface area contributed by atoms with Crippen molar-refractivity contribution in [1.29, 1.82) is 0 Å².